The molecule has 1 aliphatic rings. The number of hydrogen-bond acceptors (Lipinski definition) is 8. The Balaban J connectivity index is 1.38. The van der Waals surface area contributed by atoms with Gasteiger partial charge >= 0.3 is 5.97 Å². The fourth-order valence-corrected chi connectivity index (χ4v) is 3.18. The van der Waals surface area contributed by atoms with E-state index in [0.717, 1.165) is 6.07 Å². The van der Waals surface area contributed by atoms with Crippen molar-refractivity contribution in [2.24, 2.45) is 5.92 Å². The summed E-state index contributed by atoms with van der Waals surface area (Å²) in [7, 11) is 0. The molecule has 12 heteroatoms. The Kier molecular flexibility index (Phi) is 5.84. The van der Waals surface area contributed by atoms with Crippen LogP contribution < -0.4 is 15.4 Å². The molecule has 156 valence electrons. The SMILES string of the molecule is O=C(O)[C@@H]1CNC[C@H]1NCc1nnn(-c2ccc(Oc3ncc(Cl)cc3F)cc2)n1. The van der Waals surface area contributed by atoms with E-state index in [1.807, 2.05) is 0 Å². The smallest absolute Gasteiger partial charge is 0.309 e. The Bertz CT molecular complexity index is 1050. The second kappa shape index (κ2) is 8.69. The Morgan fingerprint density at radius 1 is 1.37 bits per heavy atom. The Morgan fingerprint density at radius 3 is 2.90 bits per heavy atom. The molecule has 1 aromatic carbocycles. The molecule has 1 saturated heterocycles. The van der Waals surface area contributed by atoms with Crippen molar-refractivity contribution in [3.8, 4) is 17.3 Å². The lowest BCUT2D eigenvalue weighted by atomic mass is 10.0. The summed E-state index contributed by atoms with van der Waals surface area (Å²) in [6, 6.07) is 7.52. The number of carbonyl (C=O) groups is 1. The molecule has 0 radical (unpaired) electrons. The van der Waals surface area contributed by atoms with Crippen LogP contribution in [-0.4, -0.2) is 55.4 Å². The van der Waals surface area contributed by atoms with E-state index in [0.29, 0.717) is 36.9 Å². The number of hydrogen-bond donors (Lipinski definition) is 3. The largest absolute Gasteiger partial charge is 0.481 e. The van der Waals surface area contributed by atoms with Crippen molar-refractivity contribution >= 4 is 17.6 Å². The third-order valence-corrected chi connectivity index (χ3v) is 4.77. The first kappa shape index (κ1) is 20.1. The van der Waals surface area contributed by atoms with Crippen LogP contribution in [0.2, 0.25) is 5.02 Å². The number of carboxylic acid groups (broad SMARTS) is 1. The first-order valence-corrected chi connectivity index (χ1v) is 9.42. The van der Waals surface area contributed by atoms with Crippen molar-refractivity contribution < 1.29 is 19.0 Å². The average molecular weight is 434 g/mol. The quantitative estimate of drug-likeness (QED) is 0.506. The van der Waals surface area contributed by atoms with E-state index in [2.05, 4.69) is 31.0 Å². The number of nitrogens with zero attached hydrogens (tertiary/aromatic N) is 5. The molecule has 2 atom stereocenters. The van der Waals surface area contributed by atoms with E-state index in [4.69, 9.17) is 16.3 Å². The van der Waals surface area contributed by atoms with Crippen molar-refractivity contribution in [3.63, 3.8) is 0 Å². The van der Waals surface area contributed by atoms with E-state index in [-0.39, 0.29) is 16.9 Å². The average Bonchev–Trinajstić information content (AvgIpc) is 3.38. The topological polar surface area (TPSA) is 127 Å². The molecule has 1 fully saturated rings. The van der Waals surface area contributed by atoms with Crippen LogP contribution in [0.5, 0.6) is 11.6 Å². The van der Waals surface area contributed by atoms with E-state index in [1.54, 1.807) is 24.3 Å². The lowest BCUT2D eigenvalue weighted by Crippen LogP contribution is -2.39. The normalized spacial score (nSPS) is 18.5. The van der Waals surface area contributed by atoms with E-state index >= 15 is 0 Å². The summed E-state index contributed by atoms with van der Waals surface area (Å²) in [6.45, 7) is 1.28. The van der Waals surface area contributed by atoms with Crippen molar-refractivity contribution in [2.75, 3.05) is 13.1 Å². The molecule has 10 nitrogen and oxygen atoms in total. The van der Waals surface area contributed by atoms with Crippen LogP contribution in [-0.2, 0) is 11.3 Å². The Morgan fingerprint density at radius 2 is 2.17 bits per heavy atom. The lowest BCUT2D eigenvalue weighted by molar-refractivity contribution is -0.141. The summed E-state index contributed by atoms with van der Waals surface area (Å²) >= 11 is 5.68. The number of halogens is 2. The molecule has 30 heavy (non-hydrogen) atoms. The maximum atomic E-state index is 13.8. The highest BCUT2D eigenvalue weighted by atomic mass is 35.5. The van der Waals surface area contributed by atoms with Crippen LogP contribution >= 0.6 is 11.6 Å². The standard InChI is InChI=1S/C18H17ClFN7O3/c19-10-5-14(20)17(23-6-10)30-12-3-1-11(2-4-12)27-25-16(24-26-27)9-22-15-8-21-7-13(15)18(28)29/h1-6,13,15,21-22H,7-9H2,(H,28,29)/t13-,15-/m1/s1. The Labute approximate surface area is 175 Å². The zero-order chi connectivity index (χ0) is 21.1. The Hall–Kier alpha value is -3.15. The third-order valence-electron chi connectivity index (χ3n) is 4.57. The van der Waals surface area contributed by atoms with Gasteiger partial charge in [0.05, 0.1) is 23.2 Å². The van der Waals surface area contributed by atoms with Crippen molar-refractivity contribution in [2.45, 2.75) is 12.6 Å². The van der Waals surface area contributed by atoms with E-state index < -0.39 is 17.7 Å². The third kappa shape index (κ3) is 4.53. The fraction of sp³-hybridized carbons (Fsp3) is 0.278. The molecular weight excluding hydrogens is 417 g/mol. The molecule has 1 aliphatic heterocycles. The molecule has 0 amide bonds. The number of tetrazole rings is 1. The molecule has 4 rings (SSSR count). The fourth-order valence-electron chi connectivity index (χ4n) is 3.03. The van der Waals surface area contributed by atoms with E-state index in [9.17, 15) is 14.3 Å². The monoisotopic (exact) mass is 433 g/mol. The van der Waals surface area contributed by atoms with Gasteiger partial charge in [0.2, 0.25) is 0 Å². The molecule has 0 bridgehead atoms. The van der Waals surface area contributed by atoms with Gasteiger partial charge < -0.3 is 20.5 Å². The summed E-state index contributed by atoms with van der Waals surface area (Å²) in [5, 5.41) is 27.8. The highest BCUT2D eigenvalue weighted by Gasteiger charge is 2.32. The minimum absolute atomic E-state index is 0.180. The second-order valence-electron chi connectivity index (χ2n) is 6.62. The van der Waals surface area contributed by atoms with Crippen LogP contribution in [0.25, 0.3) is 5.69 Å². The van der Waals surface area contributed by atoms with Crippen molar-refractivity contribution in [1.29, 1.82) is 0 Å². The summed E-state index contributed by atoms with van der Waals surface area (Å²) in [4.78, 5) is 16.4. The van der Waals surface area contributed by atoms with Crippen molar-refractivity contribution in [3.05, 3.63) is 53.2 Å². The van der Waals surface area contributed by atoms with Gasteiger partial charge in [-0.2, -0.15) is 0 Å². The van der Waals surface area contributed by atoms with Gasteiger partial charge in [0, 0.05) is 25.3 Å². The highest BCUT2D eigenvalue weighted by Crippen LogP contribution is 2.24. The molecule has 3 N–H and O–H groups in total. The molecule has 0 spiro atoms. The molecule has 0 aliphatic carbocycles. The number of nitrogens with one attached hydrogen (secondary N) is 2. The zero-order valence-electron chi connectivity index (χ0n) is 15.5. The first-order chi connectivity index (χ1) is 14.5. The molecule has 0 saturated carbocycles. The van der Waals surface area contributed by atoms with Gasteiger partial charge in [-0.15, -0.1) is 15.0 Å². The summed E-state index contributed by atoms with van der Waals surface area (Å²) < 4.78 is 19.2. The van der Waals surface area contributed by atoms with Crippen LogP contribution in [0.3, 0.4) is 0 Å². The predicted octanol–water partition coefficient (Wildman–Crippen LogP) is 1.40. The number of pyridine rings is 1. The maximum Gasteiger partial charge on any atom is 0.309 e. The molecule has 3 aromatic rings. The summed E-state index contributed by atoms with van der Waals surface area (Å²) in [5.74, 6) is -1.37. The zero-order valence-corrected chi connectivity index (χ0v) is 16.3. The molecular formula is C18H17ClFN7O3. The number of aliphatic carboxylic acids is 1. The first-order valence-electron chi connectivity index (χ1n) is 9.05. The minimum Gasteiger partial charge on any atom is -0.481 e. The van der Waals surface area contributed by atoms with Crippen LogP contribution in [0.1, 0.15) is 5.82 Å². The van der Waals surface area contributed by atoms with Gasteiger partial charge in [-0.25, -0.2) is 9.37 Å². The van der Waals surface area contributed by atoms with Gasteiger partial charge in [0.15, 0.2) is 11.6 Å². The maximum absolute atomic E-state index is 13.8. The molecule has 2 aromatic heterocycles. The van der Waals surface area contributed by atoms with Crippen LogP contribution in [0.15, 0.2) is 36.5 Å². The van der Waals surface area contributed by atoms with Gasteiger partial charge in [-0.3, -0.25) is 4.79 Å². The number of benzene rings is 1. The van der Waals surface area contributed by atoms with Crippen molar-refractivity contribution in [1.82, 2.24) is 35.8 Å². The summed E-state index contributed by atoms with van der Waals surface area (Å²) in [5.41, 5.74) is 0.622. The molecule has 0 unspecified atom stereocenters. The number of carboxylic acids is 1. The van der Waals surface area contributed by atoms with Gasteiger partial charge in [0.1, 0.15) is 5.75 Å². The summed E-state index contributed by atoms with van der Waals surface area (Å²) in [6.07, 6.45) is 1.30. The van der Waals surface area contributed by atoms with Crippen LogP contribution in [0, 0.1) is 11.7 Å². The van der Waals surface area contributed by atoms with E-state index in [1.165, 1.54) is 11.0 Å². The van der Waals surface area contributed by atoms with Gasteiger partial charge in [0.25, 0.3) is 5.88 Å². The van der Waals surface area contributed by atoms with Gasteiger partial charge in [-0.1, -0.05) is 11.6 Å². The number of rotatable bonds is 7. The van der Waals surface area contributed by atoms with Crippen LogP contribution in [0.4, 0.5) is 4.39 Å². The second-order valence-corrected chi connectivity index (χ2v) is 7.06. The number of aromatic nitrogens is 5. The highest BCUT2D eigenvalue weighted by molar-refractivity contribution is 6.30. The predicted molar refractivity (Wildman–Crippen MR) is 103 cm³/mol. The molecule has 3 heterocycles. The minimum atomic E-state index is -0.842. The van der Waals surface area contributed by atoms with Gasteiger partial charge in [-0.05, 0) is 35.5 Å². The number of ether oxygens (including phenoxy) is 1. The lowest BCUT2D eigenvalue weighted by Gasteiger charge is -2.14.